The molecule has 0 radical (unpaired) electrons. The molecule has 0 fully saturated rings. The molecule has 12 rings (SSSR count). The molecule has 12 aromatic rings. The van der Waals surface area contributed by atoms with Crippen molar-refractivity contribution in [1.29, 1.82) is 5.26 Å². The smallest absolute Gasteiger partial charge is 0.228 e. The number of nitriles is 1. The van der Waals surface area contributed by atoms with E-state index in [2.05, 4.69) is 62.2 Å². The second-order valence-electron chi connectivity index (χ2n) is 16.8. The summed E-state index contributed by atoms with van der Waals surface area (Å²) >= 11 is 5.65. The number of benzene rings is 6. The highest BCUT2D eigenvalue weighted by Crippen LogP contribution is 2.38. The van der Waals surface area contributed by atoms with Crippen LogP contribution >= 0.6 is 45.3 Å². The van der Waals surface area contributed by atoms with Crippen molar-refractivity contribution in [2.75, 3.05) is 21.3 Å². The van der Waals surface area contributed by atoms with Gasteiger partial charge in [0.15, 0.2) is 20.5 Å². The van der Waals surface area contributed by atoms with Crippen LogP contribution in [0.5, 0.6) is 46.0 Å². The van der Waals surface area contributed by atoms with Crippen LogP contribution in [0.3, 0.4) is 0 Å². The number of pyridine rings is 1. The van der Waals surface area contributed by atoms with Gasteiger partial charge in [-0.15, -0.1) is 45.3 Å². The van der Waals surface area contributed by atoms with Gasteiger partial charge in [0, 0.05) is 98.0 Å². The molecule has 6 heterocycles. The number of phenolic OH excluding ortho intramolecular Hbond substituents is 8. The Bertz CT molecular complexity index is 3790. The van der Waals surface area contributed by atoms with Crippen molar-refractivity contribution in [3.8, 4) is 97.1 Å². The largest absolute Gasteiger partial charge is 0.508 e. The number of nitrogens with zero attached hydrogens (tertiary/aromatic N) is 8. The zero-order chi connectivity index (χ0) is 57.4. The lowest BCUT2D eigenvalue weighted by atomic mass is 10.1. The van der Waals surface area contributed by atoms with Crippen molar-refractivity contribution in [3.05, 3.63) is 197 Å². The number of aromatic nitrogens is 7. The Morgan fingerprint density at radius 2 is 0.720 bits per heavy atom. The molecular formula is C58H44N12O8S4. The molecule has 0 aliphatic carbocycles. The molecule has 82 heavy (non-hydrogen) atoms. The monoisotopic (exact) mass is 1160 g/mol. The first-order valence-electron chi connectivity index (χ1n) is 24.1. The molecule has 0 saturated heterocycles. The van der Waals surface area contributed by atoms with Gasteiger partial charge in [-0.25, -0.2) is 34.9 Å². The molecule has 0 aliphatic heterocycles. The molecule has 0 bridgehead atoms. The minimum Gasteiger partial charge on any atom is -0.508 e. The van der Waals surface area contributed by atoms with Crippen molar-refractivity contribution in [2.45, 2.75) is 0 Å². The number of para-hydroxylation sites is 1. The first-order valence-corrected chi connectivity index (χ1v) is 27.6. The second kappa shape index (κ2) is 26.7. The average molecular weight is 1170 g/mol. The van der Waals surface area contributed by atoms with Crippen LogP contribution in [0, 0.1) is 11.3 Å². The third kappa shape index (κ3) is 15.2. The first-order chi connectivity index (χ1) is 39.8. The second-order valence-corrected chi connectivity index (χ2v) is 20.2. The van der Waals surface area contributed by atoms with E-state index in [1.165, 1.54) is 93.9 Å². The molecular weight excluding hydrogens is 1120 g/mol. The summed E-state index contributed by atoms with van der Waals surface area (Å²) in [6, 6.07) is 43.9. The topological polar surface area (TPSA) is 324 Å². The van der Waals surface area contributed by atoms with Gasteiger partial charge in [-0.05, 0) is 103 Å². The van der Waals surface area contributed by atoms with Crippen LogP contribution in [0.15, 0.2) is 192 Å². The van der Waals surface area contributed by atoms with E-state index in [1.807, 2.05) is 64.7 Å². The highest BCUT2D eigenvalue weighted by molar-refractivity contribution is 7.15. The molecule has 6 aromatic heterocycles. The van der Waals surface area contributed by atoms with E-state index >= 15 is 0 Å². The maximum absolute atomic E-state index is 9.86. The third-order valence-electron chi connectivity index (χ3n) is 11.0. The zero-order valence-corrected chi connectivity index (χ0v) is 45.5. The van der Waals surface area contributed by atoms with E-state index < -0.39 is 0 Å². The van der Waals surface area contributed by atoms with Gasteiger partial charge in [0.1, 0.15) is 51.8 Å². The van der Waals surface area contributed by atoms with Gasteiger partial charge in [0.2, 0.25) is 5.95 Å². The Kier molecular flexibility index (Phi) is 18.2. The highest BCUT2D eigenvalue weighted by Gasteiger charge is 2.14. The van der Waals surface area contributed by atoms with E-state index in [0.717, 1.165) is 16.5 Å². The number of thiazole rings is 4. The van der Waals surface area contributed by atoms with Gasteiger partial charge in [0.05, 0.1) is 34.4 Å². The average Bonchev–Trinajstić information content (AvgIpc) is 4.39. The number of phenols is 8. The van der Waals surface area contributed by atoms with Crippen LogP contribution in [-0.2, 0) is 0 Å². The van der Waals surface area contributed by atoms with Crippen molar-refractivity contribution in [1.82, 2.24) is 34.9 Å². The quantitative estimate of drug-likeness (QED) is 0.0541. The lowest BCUT2D eigenvalue weighted by Crippen LogP contribution is -1.94. The number of hydrogen-bond donors (Lipinski definition) is 12. The summed E-state index contributed by atoms with van der Waals surface area (Å²) in [6.07, 6.45) is 4.97. The molecule has 0 amide bonds. The van der Waals surface area contributed by atoms with Gasteiger partial charge >= 0.3 is 0 Å². The number of nitrogens with one attached hydrogen (secondary N) is 4. The van der Waals surface area contributed by atoms with Gasteiger partial charge in [-0.2, -0.15) is 5.26 Å². The van der Waals surface area contributed by atoms with Gasteiger partial charge < -0.3 is 62.1 Å². The molecule has 24 heteroatoms. The first kappa shape index (κ1) is 55.9. The summed E-state index contributed by atoms with van der Waals surface area (Å²) in [7, 11) is 0. The fourth-order valence-electron chi connectivity index (χ4n) is 7.17. The van der Waals surface area contributed by atoms with Gasteiger partial charge in [-0.3, -0.25) is 0 Å². The molecule has 408 valence electrons. The van der Waals surface area contributed by atoms with Crippen molar-refractivity contribution < 1.29 is 40.9 Å². The molecule has 6 aromatic carbocycles. The lowest BCUT2D eigenvalue weighted by Gasteiger charge is -2.03. The van der Waals surface area contributed by atoms with Gasteiger partial charge in [0.25, 0.3) is 0 Å². The summed E-state index contributed by atoms with van der Waals surface area (Å²) in [5, 5.41) is 108. The summed E-state index contributed by atoms with van der Waals surface area (Å²) in [6.45, 7) is 0. The molecule has 0 unspecified atom stereocenters. The van der Waals surface area contributed by atoms with Gasteiger partial charge in [-0.1, -0.05) is 24.3 Å². The summed E-state index contributed by atoms with van der Waals surface area (Å²) in [5.74, 6) is 1.23. The molecule has 0 saturated carbocycles. The SMILES string of the molecule is N#Cc1ccc(Nc2nc(-c3ccc(O)cc3O)cs2)cc1.Oc1ccc(-c2csc(Nc3ccccc3)n2)c(O)c1.Oc1ccc(-c2csc(Nc3ccccn3)n2)c(O)c1.Oc1ccc(-c2csc(Nc3ncccn3)n2)c(O)c1. The van der Waals surface area contributed by atoms with E-state index in [9.17, 15) is 40.9 Å². The fourth-order valence-corrected chi connectivity index (χ4v) is 10.1. The van der Waals surface area contributed by atoms with Crippen LogP contribution in [-0.4, -0.2) is 75.7 Å². The van der Waals surface area contributed by atoms with Crippen molar-refractivity contribution in [3.63, 3.8) is 0 Å². The lowest BCUT2D eigenvalue weighted by molar-refractivity contribution is 0.450. The van der Waals surface area contributed by atoms with Crippen LogP contribution in [0.2, 0.25) is 0 Å². The maximum Gasteiger partial charge on any atom is 0.228 e. The minimum atomic E-state index is -0.0183. The number of aromatic hydroxyl groups is 8. The number of rotatable bonds is 12. The zero-order valence-electron chi connectivity index (χ0n) is 42.3. The standard InChI is InChI=1S/C16H11N3O2S.C15H12N2O2S.C14H11N3O2S.C13H10N4O2S/c17-8-10-1-3-11(4-2-10)18-16-19-14(9-22-16)13-6-5-12(20)7-15(13)21;18-11-6-7-12(14(19)8-11)13-9-20-15(17-13)16-10-4-2-1-3-5-10;18-9-4-5-10(12(19)7-9)11-8-20-14(16-11)17-13-3-1-2-6-15-13;18-8-2-3-9(11(19)6-8)10-7-20-13(16-10)17-12-14-4-1-5-15-12/h1-7,9,20-21H,(H,18,19);1-9,18-19H,(H,16,17);1-8,18-19H,(H,15,16,17);1-7,18-19H,(H,14,15,16,17). The highest BCUT2D eigenvalue weighted by atomic mass is 32.1. The molecule has 20 nitrogen and oxygen atoms in total. The molecule has 0 atom stereocenters. The van der Waals surface area contributed by atoms with E-state index in [1.54, 1.807) is 78.6 Å². The van der Waals surface area contributed by atoms with Crippen LogP contribution < -0.4 is 21.3 Å². The summed E-state index contributed by atoms with van der Waals surface area (Å²) in [4.78, 5) is 29.8. The normalized spacial score (nSPS) is 10.3. The predicted molar refractivity (Wildman–Crippen MR) is 321 cm³/mol. The fraction of sp³-hybridized carbons (Fsp3) is 0. The van der Waals surface area contributed by atoms with Crippen molar-refractivity contribution in [2.24, 2.45) is 0 Å². The summed E-state index contributed by atoms with van der Waals surface area (Å²) in [5.41, 5.74) is 7.23. The third-order valence-corrected chi connectivity index (χ3v) is 14.1. The van der Waals surface area contributed by atoms with E-state index in [0.29, 0.717) is 77.8 Å². The molecule has 0 aliphatic rings. The van der Waals surface area contributed by atoms with Crippen LogP contribution in [0.25, 0.3) is 45.0 Å². The van der Waals surface area contributed by atoms with E-state index in [-0.39, 0.29) is 46.0 Å². The Hall–Kier alpha value is -10.8. The molecule has 0 spiro atoms. The number of anilines is 8. The van der Waals surface area contributed by atoms with E-state index in [4.69, 9.17) is 5.26 Å². The Balaban J connectivity index is 0.000000132. The molecule has 12 N–H and O–H groups in total. The number of hydrogen-bond acceptors (Lipinski definition) is 24. The van der Waals surface area contributed by atoms with Crippen molar-refractivity contribution >= 4 is 89.0 Å². The maximum atomic E-state index is 9.86. The Labute approximate surface area is 482 Å². The van der Waals surface area contributed by atoms with Crippen LogP contribution in [0.4, 0.5) is 43.7 Å². The summed E-state index contributed by atoms with van der Waals surface area (Å²) < 4.78 is 0. The predicted octanol–water partition coefficient (Wildman–Crippen LogP) is 13.9. The van der Waals surface area contributed by atoms with Crippen LogP contribution in [0.1, 0.15) is 5.56 Å². The Morgan fingerprint density at radius 1 is 0.354 bits per heavy atom. The minimum absolute atomic E-state index is 0.000291. The Morgan fingerprint density at radius 3 is 1.10 bits per heavy atom.